The number of aliphatic hydroxyl groups excluding tert-OH is 1. The number of hydrogen-bond acceptors (Lipinski definition) is 2. The molecule has 0 heterocycles. The molecule has 2 aliphatic rings. The highest BCUT2D eigenvalue weighted by molar-refractivity contribution is 4.80. The Morgan fingerprint density at radius 1 is 1.00 bits per heavy atom. The Labute approximate surface area is 100 Å². The van der Waals surface area contributed by atoms with Crippen molar-refractivity contribution >= 4 is 0 Å². The summed E-state index contributed by atoms with van der Waals surface area (Å²) in [5, 5.41) is 9.71. The van der Waals surface area contributed by atoms with Crippen LogP contribution in [0.3, 0.4) is 0 Å². The fourth-order valence-electron chi connectivity index (χ4n) is 3.47. The maximum Gasteiger partial charge on any atom is 0.0555 e. The highest BCUT2D eigenvalue weighted by Crippen LogP contribution is 2.27. The Balaban J connectivity index is 1.75. The molecule has 2 nitrogen and oxygen atoms in total. The summed E-state index contributed by atoms with van der Waals surface area (Å²) in [6.07, 6.45) is 11.7. The van der Waals surface area contributed by atoms with Gasteiger partial charge >= 0.3 is 0 Å². The van der Waals surface area contributed by atoms with Crippen LogP contribution in [0.15, 0.2) is 0 Å². The molecule has 0 amide bonds. The van der Waals surface area contributed by atoms with E-state index in [0.717, 1.165) is 18.8 Å². The fraction of sp³-hybridized carbons (Fsp3) is 1.00. The molecule has 0 aromatic rings. The molecule has 1 N–H and O–H groups in total. The van der Waals surface area contributed by atoms with Crippen LogP contribution in [0.1, 0.15) is 57.8 Å². The van der Waals surface area contributed by atoms with Crippen LogP contribution >= 0.6 is 0 Å². The van der Waals surface area contributed by atoms with Crippen molar-refractivity contribution in [1.82, 2.24) is 4.90 Å². The summed E-state index contributed by atoms with van der Waals surface area (Å²) in [5.74, 6) is 0.929. The smallest absolute Gasteiger partial charge is 0.0555 e. The van der Waals surface area contributed by atoms with Gasteiger partial charge in [0.15, 0.2) is 0 Å². The van der Waals surface area contributed by atoms with Gasteiger partial charge in [-0.3, -0.25) is 0 Å². The Kier molecular flexibility index (Phi) is 4.66. The molecule has 0 aliphatic heterocycles. The second-order valence-corrected chi connectivity index (χ2v) is 5.92. The SMILES string of the molecule is CN(CC1CCCCC1)C1CCCC(O)C1. The van der Waals surface area contributed by atoms with Crippen LogP contribution in [-0.4, -0.2) is 35.7 Å². The van der Waals surface area contributed by atoms with Gasteiger partial charge in [-0.2, -0.15) is 0 Å². The summed E-state index contributed by atoms with van der Waals surface area (Å²) in [5.41, 5.74) is 0. The molecule has 94 valence electrons. The Morgan fingerprint density at radius 2 is 1.75 bits per heavy atom. The van der Waals surface area contributed by atoms with Gasteiger partial charge in [0.2, 0.25) is 0 Å². The highest BCUT2D eigenvalue weighted by atomic mass is 16.3. The molecule has 2 unspecified atom stereocenters. The number of rotatable bonds is 3. The summed E-state index contributed by atoms with van der Waals surface area (Å²) in [4.78, 5) is 2.53. The molecule has 16 heavy (non-hydrogen) atoms. The lowest BCUT2D eigenvalue weighted by atomic mass is 9.87. The lowest BCUT2D eigenvalue weighted by molar-refractivity contribution is 0.0635. The fourth-order valence-corrected chi connectivity index (χ4v) is 3.47. The predicted octanol–water partition coefficient (Wildman–Crippen LogP) is 2.80. The molecule has 2 heteroatoms. The quantitative estimate of drug-likeness (QED) is 0.798. The van der Waals surface area contributed by atoms with Crippen molar-refractivity contribution in [3.63, 3.8) is 0 Å². The minimum absolute atomic E-state index is 0.0347. The van der Waals surface area contributed by atoms with E-state index in [9.17, 15) is 5.11 Å². The summed E-state index contributed by atoms with van der Waals surface area (Å²) in [6.45, 7) is 1.26. The Hall–Kier alpha value is -0.0800. The monoisotopic (exact) mass is 225 g/mol. The molecule has 2 rings (SSSR count). The molecule has 0 spiro atoms. The van der Waals surface area contributed by atoms with Gasteiger partial charge in [0, 0.05) is 12.6 Å². The molecule has 0 bridgehead atoms. The minimum Gasteiger partial charge on any atom is -0.393 e. The van der Waals surface area contributed by atoms with Gasteiger partial charge < -0.3 is 10.0 Å². The van der Waals surface area contributed by atoms with E-state index >= 15 is 0 Å². The summed E-state index contributed by atoms with van der Waals surface area (Å²) < 4.78 is 0. The first-order valence-electron chi connectivity index (χ1n) is 7.14. The predicted molar refractivity (Wildman–Crippen MR) is 67.5 cm³/mol. The molecule has 0 aromatic carbocycles. The summed E-state index contributed by atoms with van der Waals surface area (Å²) >= 11 is 0. The van der Waals surface area contributed by atoms with Gasteiger partial charge in [0.1, 0.15) is 0 Å². The van der Waals surface area contributed by atoms with Crippen molar-refractivity contribution < 1.29 is 5.11 Å². The lowest BCUT2D eigenvalue weighted by Gasteiger charge is -2.36. The third kappa shape index (κ3) is 3.46. The number of nitrogens with zero attached hydrogens (tertiary/aromatic N) is 1. The van der Waals surface area contributed by atoms with Crippen molar-refractivity contribution in [2.45, 2.75) is 69.9 Å². The van der Waals surface area contributed by atoms with E-state index in [1.165, 1.54) is 51.5 Å². The van der Waals surface area contributed by atoms with Crippen molar-refractivity contribution in [2.24, 2.45) is 5.92 Å². The van der Waals surface area contributed by atoms with Gasteiger partial charge in [-0.05, 0) is 51.5 Å². The van der Waals surface area contributed by atoms with Crippen LogP contribution in [0.2, 0.25) is 0 Å². The molecule has 2 atom stereocenters. The van der Waals surface area contributed by atoms with Crippen LogP contribution in [0.5, 0.6) is 0 Å². The zero-order valence-electron chi connectivity index (χ0n) is 10.7. The van der Waals surface area contributed by atoms with Crippen LogP contribution in [0.4, 0.5) is 0 Å². The van der Waals surface area contributed by atoms with Crippen LogP contribution < -0.4 is 0 Å². The highest BCUT2D eigenvalue weighted by Gasteiger charge is 2.25. The molecule has 2 aliphatic carbocycles. The topological polar surface area (TPSA) is 23.5 Å². The third-order valence-electron chi connectivity index (χ3n) is 4.51. The van der Waals surface area contributed by atoms with E-state index in [0.29, 0.717) is 6.04 Å². The van der Waals surface area contributed by atoms with Crippen LogP contribution in [-0.2, 0) is 0 Å². The maximum absolute atomic E-state index is 9.71. The average molecular weight is 225 g/mol. The molecule has 2 saturated carbocycles. The molecule has 0 aromatic heterocycles. The molecular formula is C14H27NO. The van der Waals surface area contributed by atoms with Crippen molar-refractivity contribution in [3.8, 4) is 0 Å². The Bertz CT molecular complexity index is 201. The van der Waals surface area contributed by atoms with Crippen molar-refractivity contribution in [1.29, 1.82) is 0 Å². The first-order chi connectivity index (χ1) is 7.75. The van der Waals surface area contributed by atoms with E-state index in [2.05, 4.69) is 11.9 Å². The largest absolute Gasteiger partial charge is 0.393 e. The maximum atomic E-state index is 9.71. The first kappa shape index (κ1) is 12.4. The van der Waals surface area contributed by atoms with Crippen LogP contribution in [0.25, 0.3) is 0 Å². The lowest BCUT2D eigenvalue weighted by Crippen LogP contribution is -2.40. The standard InChI is InChI=1S/C14H27NO/c1-15(11-12-6-3-2-4-7-12)13-8-5-9-14(16)10-13/h12-14,16H,2-11H2,1H3. The number of hydrogen-bond donors (Lipinski definition) is 1. The summed E-state index contributed by atoms with van der Waals surface area (Å²) in [7, 11) is 2.26. The second-order valence-electron chi connectivity index (χ2n) is 5.92. The minimum atomic E-state index is -0.0347. The van der Waals surface area contributed by atoms with Gasteiger partial charge in [-0.25, -0.2) is 0 Å². The first-order valence-corrected chi connectivity index (χ1v) is 7.14. The van der Waals surface area contributed by atoms with E-state index < -0.39 is 0 Å². The van der Waals surface area contributed by atoms with Gasteiger partial charge in [-0.15, -0.1) is 0 Å². The van der Waals surface area contributed by atoms with E-state index in [4.69, 9.17) is 0 Å². The Morgan fingerprint density at radius 3 is 2.44 bits per heavy atom. The van der Waals surface area contributed by atoms with E-state index in [1.807, 2.05) is 0 Å². The zero-order chi connectivity index (χ0) is 11.4. The average Bonchev–Trinajstić information content (AvgIpc) is 2.30. The second kappa shape index (κ2) is 6.02. The van der Waals surface area contributed by atoms with Gasteiger partial charge in [0.05, 0.1) is 6.10 Å². The normalized spacial score (nSPS) is 33.2. The van der Waals surface area contributed by atoms with Gasteiger partial charge in [-0.1, -0.05) is 19.3 Å². The van der Waals surface area contributed by atoms with Crippen molar-refractivity contribution in [2.75, 3.05) is 13.6 Å². The van der Waals surface area contributed by atoms with E-state index in [-0.39, 0.29) is 6.10 Å². The molecule has 0 saturated heterocycles. The van der Waals surface area contributed by atoms with Crippen molar-refractivity contribution in [3.05, 3.63) is 0 Å². The number of aliphatic hydroxyl groups is 1. The molecular weight excluding hydrogens is 198 g/mol. The summed E-state index contributed by atoms with van der Waals surface area (Å²) in [6, 6.07) is 0.644. The third-order valence-corrected chi connectivity index (χ3v) is 4.51. The van der Waals surface area contributed by atoms with Crippen LogP contribution in [0, 0.1) is 5.92 Å². The molecule has 0 radical (unpaired) electrons. The van der Waals surface area contributed by atoms with E-state index in [1.54, 1.807) is 0 Å². The van der Waals surface area contributed by atoms with Gasteiger partial charge in [0.25, 0.3) is 0 Å². The molecule has 2 fully saturated rings. The zero-order valence-corrected chi connectivity index (χ0v) is 10.7.